The third-order valence-corrected chi connectivity index (χ3v) is 4.76. The maximum absolute atomic E-state index is 12.4. The largest absolute Gasteiger partial charge is 0.387 e. The number of hydrazine groups is 1. The molecule has 1 aliphatic rings. The Balaban J connectivity index is 2.32. The van der Waals surface area contributed by atoms with Gasteiger partial charge in [0, 0.05) is 32.3 Å². The molecule has 0 atom stereocenters. The van der Waals surface area contributed by atoms with Gasteiger partial charge in [0.25, 0.3) is 15.7 Å². The van der Waals surface area contributed by atoms with Crippen molar-refractivity contribution in [2.24, 2.45) is 0 Å². The van der Waals surface area contributed by atoms with Crippen molar-refractivity contribution in [1.82, 2.24) is 9.84 Å². The minimum Gasteiger partial charge on any atom is -0.387 e. The molecule has 0 aromatic heterocycles. The van der Waals surface area contributed by atoms with Crippen LogP contribution in [-0.4, -0.2) is 38.5 Å². The first kappa shape index (κ1) is 15.7. The fourth-order valence-corrected chi connectivity index (χ4v) is 3.61. The quantitative estimate of drug-likeness (QED) is 0.627. The van der Waals surface area contributed by atoms with E-state index in [-0.39, 0.29) is 10.6 Å². The summed E-state index contributed by atoms with van der Waals surface area (Å²) in [6.45, 7) is 1.28. The minimum atomic E-state index is -3.85. The lowest BCUT2D eigenvalue weighted by atomic mass is 10.2. The second-order valence-corrected chi connectivity index (χ2v) is 6.46. The number of piperidine rings is 1. The first-order chi connectivity index (χ1) is 9.94. The van der Waals surface area contributed by atoms with Crippen molar-refractivity contribution in [2.75, 3.05) is 25.5 Å². The SMILES string of the molecule is CNc1ccc([N+](=O)[O-])cc1S(=O)(=O)NN1CCCCC1. The zero-order valence-corrected chi connectivity index (χ0v) is 12.5. The van der Waals surface area contributed by atoms with Crippen molar-refractivity contribution >= 4 is 21.4 Å². The summed E-state index contributed by atoms with van der Waals surface area (Å²) in [5.41, 5.74) is 0.0677. The zero-order chi connectivity index (χ0) is 15.5. The molecule has 2 N–H and O–H groups in total. The van der Waals surface area contributed by atoms with Gasteiger partial charge >= 0.3 is 0 Å². The summed E-state index contributed by atoms with van der Waals surface area (Å²) in [7, 11) is -2.28. The zero-order valence-electron chi connectivity index (χ0n) is 11.7. The molecule has 1 aliphatic heterocycles. The Hall–Kier alpha value is -1.71. The third kappa shape index (κ3) is 3.69. The number of nitro groups is 1. The maximum atomic E-state index is 12.4. The van der Waals surface area contributed by atoms with E-state index in [9.17, 15) is 18.5 Å². The number of anilines is 1. The van der Waals surface area contributed by atoms with Gasteiger partial charge < -0.3 is 5.32 Å². The van der Waals surface area contributed by atoms with Crippen LogP contribution in [0.1, 0.15) is 19.3 Å². The molecule has 1 saturated heterocycles. The van der Waals surface area contributed by atoms with E-state index in [0.717, 1.165) is 25.3 Å². The van der Waals surface area contributed by atoms with Gasteiger partial charge in [0.1, 0.15) is 4.90 Å². The highest BCUT2D eigenvalue weighted by Crippen LogP contribution is 2.26. The molecule has 1 aromatic carbocycles. The van der Waals surface area contributed by atoms with Gasteiger partial charge in [-0.1, -0.05) is 6.42 Å². The van der Waals surface area contributed by atoms with Crippen LogP contribution in [0.15, 0.2) is 23.1 Å². The standard InChI is InChI=1S/C12H18N4O4S/c1-13-11-6-5-10(16(17)18)9-12(11)21(19,20)14-15-7-3-2-4-8-15/h5-6,9,13-14H,2-4,7-8H2,1H3. The van der Waals surface area contributed by atoms with Crippen molar-refractivity contribution < 1.29 is 13.3 Å². The van der Waals surface area contributed by atoms with E-state index < -0.39 is 14.9 Å². The second kappa shape index (κ2) is 6.37. The van der Waals surface area contributed by atoms with Crippen LogP contribution in [0.4, 0.5) is 11.4 Å². The normalized spacial score (nSPS) is 16.6. The van der Waals surface area contributed by atoms with Crippen molar-refractivity contribution in [2.45, 2.75) is 24.2 Å². The van der Waals surface area contributed by atoms with Crippen LogP contribution in [-0.2, 0) is 10.0 Å². The van der Waals surface area contributed by atoms with Crippen molar-refractivity contribution in [1.29, 1.82) is 0 Å². The Morgan fingerprint density at radius 3 is 2.48 bits per heavy atom. The van der Waals surface area contributed by atoms with Crippen LogP contribution >= 0.6 is 0 Å². The van der Waals surface area contributed by atoms with E-state index in [1.165, 1.54) is 12.1 Å². The lowest BCUT2D eigenvalue weighted by Gasteiger charge is -2.26. The average molecular weight is 314 g/mol. The van der Waals surface area contributed by atoms with Crippen molar-refractivity contribution in [3.8, 4) is 0 Å². The summed E-state index contributed by atoms with van der Waals surface area (Å²) in [5, 5.41) is 15.2. The molecule has 1 fully saturated rings. The third-order valence-electron chi connectivity index (χ3n) is 3.34. The number of nitrogens with one attached hydrogen (secondary N) is 2. The van der Waals surface area contributed by atoms with Crippen LogP contribution in [0.25, 0.3) is 0 Å². The Morgan fingerprint density at radius 2 is 1.90 bits per heavy atom. The molecule has 1 heterocycles. The van der Waals surface area contributed by atoms with Gasteiger partial charge in [-0.25, -0.2) is 13.4 Å². The molecule has 0 unspecified atom stereocenters. The summed E-state index contributed by atoms with van der Waals surface area (Å²) >= 11 is 0. The minimum absolute atomic E-state index is 0.121. The van der Waals surface area contributed by atoms with E-state index in [2.05, 4.69) is 10.1 Å². The van der Waals surface area contributed by atoms with Crippen LogP contribution < -0.4 is 10.1 Å². The van der Waals surface area contributed by atoms with Gasteiger partial charge in [-0.05, 0) is 18.9 Å². The monoisotopic (exact) mass is 314 g/mol. The van der Waals surface area contributed by atoms with E-state index in [1.54, 1.807) is 12.1 Å². The topological polar surface area (TPSA) is 105 Å². The molecule has 0 amide bonds. The van der Waals surface area contributed by atoms with Crippen LogP contribution in [0, 0.1) is 10.1 Å². The molecule has 8 nitrogen and oxygen atoms in total. The van der Waals surface area contributed by atoms with Gasteiger partial charge in [0.05, 0.1) is 10.6 Å². The van der Waals surface area contributed by atoms with Crippen LogP contribution in [0.2, 0.25) is 0 Å². The summed E-state index contributed by atoms with van der Waals surface area (Å²) < 4.78 is 24.9. The number of nitrogens with zero attached hydrogens (tertiary/aromatic N) is 2. The summed E-state index contributed by atoms with van der Waals surface area (Å²) in [5.74, 6) is 0. The van der Waals surface area contributed by atoms with Gasteiger partial charge in [0.2, 0.25) is 0 Å². The molecule has 0 aliphatic carbocycles. The molecule has 0 saturated carbocycles. The summed E-state index contributed by atoms with van der Waals surface area (Å²) in [6.07, 6.45) is 2.93. The van der Waals surface area contributed by atoms with Gasteiger partial charge in [0.15, 0.2) is 0 Å². The van der Waals surface area contributed by atoms with Gasteiger partial charge in [-0.3, -0.25) is 10.1 Å². The molecule has 9 heteroatoms. The highest BCUT2D eigenvalue weighted by Gasteiger charge is 2.24. The Kier molecular flexibility index (Phi) is 4.76. The predicted molar refractivity (Wildman–Crippen MR) is 78.4 cm³/mol. The molecule has 0 bridgehead atoms. The predicted octanol–water partition coefficient (Wildman–Crippen LogP) is 1.32. The summed E-state index contributed by atoms with van der Waals surface area (Å²) in [4.78, 5) is 12.6. The molecule has 21 heavy (non-hydrogen) atoms. The van der Waals surface area contributed by atoms with E-state index in [1.807, 2.05) is 0 Å². The molecule has 2 rings (SSSR count). The number of hydrogen-bond donors (Lipinski definition) is 2. The number of sulfonamides is 1. The lowest BCUT2D eigenvalue weighted by Crippen LogP contribution is -2.45. The molecule has 0 spiro atoms. The van der Waals surface area contributed by atoms with Crippen molar-refractivity contribution in [3.63, 3.8) is 0 Å². The number of non-ortho nitro benzene ring substituents is 1. The number of nitro benzene ring substituents is 1. The lowest BCUT2D eigenvalue weighted by molar-refractivity contribution is -0.385. The molecular formula is C12H18N4O4S. The van der Waals surface area contributed by atoms with E-state index in [4.69, 9.17) is 0 Å². The number of hydrogen-bond acceptors (Lipinski definition) is 6. The van der Waals surface area contributed by atoms with E-state index in [0.29, 0.717) is 18.8 Å². The molecular weight excluding hydrogens is 296 g/mol. The molecule has 116 valence electrons. The molecule has 0 radical (unpaired) electrons. The highest BCUT2D eigenvalue weighted by atomic mass is 32.2. The Bertz CT molecular complexity index is 626. The van der Waals surface area contributed by atoms with E-state index >= 15 is 0 Å². The first-order valence-electron chi connectivity index (χ1n) is 6.67. The number of rotatable bonds is 5. The first-order valence-corrected chi connectivity index (χ1v) is 8.16. The maximum Gasteiger partial charge on any atom is 0.270 e. The fraction of sp³-hybridized carbons (Fsp3) is 0.500. The smallest absolute Gasteiger partial charge is 0.270 e. The van der Waals surface area contributed by atoms with Crippen LogP contribution in [0.5, 0.6) is 0 Å². The van der Waals surface area contributed by atoms with Gasteiger partial charge in [-0.2, -0.15) is 0 Å². The van der Waals surface area contributed by atoms with Crippen molar-refractivity contribution in [3.05, 3.63) is 28.3 Å². The Labute approximate surface area is 123 Å². The highest BCUT2D eigenvalue weighted by molar-refractivity contribution is 7.89. The second-order valence-electron chi connectivity index (χ2n) is 4.83. The molecule has 1 aromatic rings. The van der Waals surface area contributed by atoms with Gasteiger partial charge in [-0.15, -0.1) is 4.83 Å². The average Bonchev–Trinajstić information content (AvgIpc) is 2.47. The fourth-order valence-electron chi connectivity index (χ4n) is 2.26. The number of benzene rings is 1. The van der Waals surface area contributed by atoms with Crippen LogP contribution in [0.3, 0.4) is 0 Å². The Morgan fingerprint density at radius 1 is 1.24 bits per heavy atom. The summed E-state index contributed by atoms with van der Waals surface area (Å²) in [6, 6.07) is 3.73.